The summed E-state index contributed by atoms with van der Waals surface area (Å²) in [6, 6.07) is 6.17. The molecule has 1 heterocycles. The van der Waals surface area contributed by atoms with E-state index in [9.17, 15) is 9.18 Å². The van der Waals surface area contributed by atoms with Gasteiger partial charge in [-0.25, -0.2) is 4.39 Å². The van der Waals surface area contributed by atoms with Crippen LogP contribution in [0, 0.1) is 11.7 Å². The number of hydrogen-bond acceptors (Lipinski definition) is 3. The molecule has 1 aromatic carbocycles. The van der Waals surface area contributed by atoms with Gasteiger partial charge in [0.25, 0.3) is 5.91 Å². The van der Waals surface area contributed by atoms with Crippen LogP contribution in [0.1, 0.15) is 26.2 Å². The molecule has 4 nitrogen and oxygen atoms in total. The van der Waals surface area contributed by atoms with Crippen molar-refractivity contribution in [1.29, 1.82) is 0 Å². The van der Waals surface area contributed by atoms with E-state index in [-0.39, 0.29) is 17.5 Å². The number of nitrogens with two attached hydrogens (primary N) is 1. The Balaban J connectivity index is 2.32. The number of benzene rings is 1. The van der Waals surface area contributed by atoms with E-state index in [4.69, 9.17) is 5.73 Å². The first-order valence-corrected chi connectivity index (χ1v) is 6.55. The van der Waals surface area contributed by atoms with Crippen molar-refractivity contribution in [3.63, 3.8) is 0 Å². The Kier molecular flexibility index (Phi) is 4.27. The van der Waals surface area contributed by atoms with E-state index in [1.807, 2.05) is 6.92 Å². The molecule has 0 spiro atoms. The van der Waals surface area contributed by atoms with Crippen LogP contribution in [0.15, 0.2) is 29.4 Å². The molecule has 102 valence electrons. The number of nitrogens with zero attached hydrogens (tertiary/aromatic N) is 2. The lowest BCUT2D eigenvalue weighted by atomic mass is 9.96. The van der Waals surface area contributed by atoms with Gasteiger partial charge in [0.2, 0.25) is 0 Å². The van der Waals surface area contributed by atoms with E-state index in [1.54, 1.807) is 18.2 Å². The molecular weight excluding hydrogens is 245 g/mol. The van der Waals surface area contributed by atoms with Crippen LogP contribution in [-0.2, 0) is 4.79 Å². The summed E-state index contributed by atoms with van der Waals surface area (Å²) in [7, 11) is 0. The molecule has 0 aliphatic carbocycles. The number of halogens is 1. The molecule has 0 fully saturated rings. The maximum absolute atomic E-state index is 13.8. The molecule has 1 amide bonds. The van der Waals surface area contributed by atoms with Gasteiger partial charge in [-0.1, -0.05) is 25.5 Å². The van der Waals surface area contributed by atoms with Crippen molar-refractivity contribution in [1.82, 2.24) is 0 Å². The number of rotatable bonds is 5. The molecule has 1 aromatic rings. The Morgan fingerprint density at radius 1 is 1.42 bits per heavy atom. The summed E-state index contributed by atoms with van der Waals surface area (Å²) in [5.74, 6) is -0.924. The number of hydrazone groups is 1. The van der Waals surface area contributed by atoms with Gasteiger partial charge in [0, 0.05) is 0 Å². The zero-order valence-electron chi connectivity index (χ0n) is 11.0. The van der Waals surface area contributed by atoms with E-state index in [2.05, 4.69) is 5.10 Å². The van der Waals surface area contributed by atoms with E-state index in [0.717, 1.165) is 18.6 Å². The van der Waals surface area contributed by atoms with Crippen molar-refractivity contribution in [3.8, 4) is 0 Å². The predicted octanol–water partition coefficient (Wildman–Crippen LogP) is 2.29. The van der Waals surface area contributed by atoms with Gasteiger partial charge in [-0.2, -0.15) is 10.1 Å². The minimum Gasteiger partial charge on any atom is -0.330 e. The summed E-state index contributed by atoms with van der Waals surface area (Å²) >= 11 is 0. The minimum absolute atomic E-state index is 0.181. The van der Waals surface area contributed by atoms with E-state index < -0.39 is 5.82 Å². The predicted molar refractivity (Wildman–Crippen MR) is 73.4 cm³/mol. The van der Waals surface area contributed by atoms with Gasteiger partial charge < -0.3 is 5.73 Å². The van der Waals surface area contributed by atoms with E-state index in [0.29, 0.717) is 13.0 Å². The van der Waals surface area contributed by atoms with Gasteiger partial charge in [-0.3, -0.25) is 4.79 Å². The van der Waals surface area contributed by atoms with Crippen molar-refractivity contribution in [3.05, 3.63) is 30.1 Å². The Labute approximate surface area is 112 Å². The van der Waals surface area contributed by atoms with Crippen molar-refractivity contribution in [2.24, 2.45) is 16.8 Å². The Hall–Kier alpha value is -1.75. The highest BCUT2D eigenvalue weighted by atomic mass is 19.1. The van der Waals surface area contributed by atoms with Gasteiger partial charge in [-0.05, 0) is 31.5 Å². The fraction of sp³-hybridized carbons (Fsp3) is 0.429. The Morgan fingerprint density at radius 2 is 2.16 bits per heavy atom. The third-order valence-corrected chi connectivity index (χ3v) is 3.18. The first kappa shape index (κ1) is 13.7. The molecule has 0 bridgehead atoms. The van der Waals surface area contributed by atoms with Crippen LogP contribution < -0.4 is 10.7 Å². The zero-order chi connectivity index (χ0) is 13.8. The molecule has 5 heteroatoms. The summed E-state index contributed by atoms with van der Waals surface area (Å²) in [4.78, 5) is 12.3. The van der Waals surface area contributed by atoms with Crippen LogP contribution in [0.4, 0.5) is 10.1 Å². The fourth-order valence-electron chi connectivity index (χ4n) is 2.27. The standard InChI is InChI=1S/C14H18FN3O/c1-2-5-12-10(8-9-16)14(19)18(17-12)13-7-4-3-6-11(13)15/h3-4,6-7,10H,2,5,8-9,16H2,1H3. The van der Waals surface area contributed by atoms with Crippen molar-refractivity contribution >= 4 is 17.3 Å². The monoisotopic (exact) mass is 263 g/mol. The van der Waals surface area contributed by atoms with Gasteiger partial charge in [0.05, 0.1) is 11.6 Å². The zero-order valence-corrected chi connectivity index (χ0v) is 11.0. The second-order valence-corrected chi connectivity index (χ2v) is 4.57. The normalized spacial score (nSPS) is 18.9. The lowest BCUT2D eigenvalue weighted by molar-refractivity contribution is -0.119. The molecule has 0 saturated heterocycles. The lowest BCUT2D eigenvalue weighted by Gasteiger charge is -2.14. The smallest absolute Gasteiger partial charge is 0.256 e. The largest absolute Gasteiger partial charge is 0.330 e. The SMILES string of the molecule is CCCC1=NN(c2ccccc2F)C(=O)C1CCN. The minimum atomic E-state index is -0.441. The second-order valence-electron chi connectivity index (χ2n) is 4.57. The highest BCUT2D eigenvalue weighted by molar-refractivity contribution is 6.15. The van der Waals surface area contributed by atoms with Gasteiger partial charge in [-0.15, -0.1) is 0 Å². The Morgan fingerprint density at radius 3 is 2.79 bits per heavy atom. The number of amides is 1. The summed E-state index contributed by atoms with van der Waals surface area (Å²) in [6.45, 7) is 2.45. The average molecular weight is 263 g/mol. The van der Waals surface area contributed by atoms with Gasteiger partial charge in [0.15, 0.2) is 0 Å². The van der Waals surface area contributed by atoms with Gasteiger partial charge in [0.1, 0.15) is 11.5 Å². The van der Waals surface area contributed by atoms with Crippen LogP contribution in [-0.4, -0.2) is 18.2 Å². The lowest BCUT2D eigenvalue weighted by Crippen LogP contribution is -2.29. The number of para-hydroxylation sites is 1. The topological polar surface area (TPSA) is 58.7 Å². The molecule has 0 saturated carbocycles. The Bertz CT molecular complexity index is 501. The molecule has 2 N–H and O–H groups in total. The van der Waals surface area contributed by atoms with Crippen molar-refractivity contribution in [2.45, 2.75) is 26.2 Å². The average Bonchev–Trinajstić information content (AvgIpc) is 2.69. The maximum atomic E-state index is 13.8. The quantitative estimate of drug-likeness (QED) is 0.886. The fourth-order valence-corrected chi connectivity index (χ4v) is 2.27. The maximum Gasteiger partial charge on any atom is 0.256 e. The number of hydrogen-bond donors (Lipinski definition) is 1. The third-order valence-electron chi connectivity index (χ3n) is 3.18. The molecule has 0 aromatic heterocycles. The number of carbonyl (C=O) groups is 1. The van der Waals surface area contributed by atoms with Crippen molar-refractivity contribution in [2.75, 3.05) is 11.6 Å². The van der Waals surface area contributed by atoms with Crippen LogP contribution in [0.3, 0.4) is 0 Å². The summed E-state index contributed by atoms with van der Waals surface area (Å²) in [5.41, 5.74) is 6.56. The van der Waals surface area contributed by atoms with Crippen LogP contribution >= 0.6 is 0 Å². The molecule has 19 heavy (non-hydrogen) atoms. The van der Waals surface area contributed by atoms with Crippen molar-refractivity contribution < 1.29 is 9.18 Å². The molecule has 2 rings (SSSR count). The van der Waals surface area contributed by atoms with Gasteiger partial charge >= 0.3 is 0 Å². The molecule has 0 radical (unpaired) electrons. The van der Waals surface area contributed by atoms with Crippen LogP contribution in [0.5, 0.6) is 0 Å². The first-order chi connectivity index (χ1) is 9.19. The van der Waals surface area contributed by atoms with E-state index >= 15 is 0 Å². The first-order valence-electron chi connectivity index (χ1n) is 6.55. The number of carbonyl (C=O) groups excluding carboxylic acids is 1. The highest BCUT2D eigenvalue weighted by Crippen LogP contribution is 2.28. The molecular formula is C14H18FN3O. The molecule has 1 aliphatic heterocycles. The third kappa shape index (κ3) is 2.66. The summed E-state index contributed by atoms with van der Waals surface area (Å²) < 4.78 is 13.8. The van der Waals surface area contributed by atoms with E-state index in [1.165, 1.54) is 11.1 Å². The molecule has 1 atom stereocenters. The van der Waals surface area contributed by atoms with Crippen LogP contribution in [0.2, 0.25) is 0 Å². The molecule has 1 unspecified atom stereocenters. The highest BCUT2D eigenvalue weighted by Gasteiger charge is 2.36. The second kappa shape index (κ2) is 5.93. The number of anilines is 1. The molecule has 1 aliphatic rings. The van der Waals surface area contributed by atoms with Crippen LogP contribution in [0.25, 0.3) is 0 Å². The summed E-state index contributed by atoms with van der Waals surface area (Å²) in [5, 5.41) is 5.48. The summed E-state index contributed by atoms with van der Waals surface area (Å²) in [6.07, 6.45) is 2.20.